The number of aromatic nitrogens is 2. The van der Waals surface area contributed by atoms with Crippen LogP contribution in [0.4, 0.5) is 0 Å². The third-order valence-corrected chi connectivity index (χ3v) is 5.51. The summed E-state index contributed by atoms with van der Waals surface area (Å²) in [6, 6.07) is 15.4. The molecule has 0 saturated heterocycles. The van der Waals surface area contributed by atoms with E-state index in [-0.39, 0.29) is 12.2 Å². The van der Waals surface area contributed by atoms with Crippen LogP contribution in [0.25, 0.3) is 33.1 Å². The fourth-order valence-corrected chi connectivity index (χ4v) is 3.60. The first-order valence-corrected chi connectivity index (χ1v) is 10.2. The van der Waals surface area contributed by atoms with Crippen LogP contribution in [0, 0.1) is 0 Å². The zero-order valence-corrected chi connectivity index (χ0v) is 18.1. The normalized spacial score (nSPS) is 12.0. The van der Waals surface area contributed by atoms with E-state index in [0.29, 0.717) is 17.0 Å². The predicted octanol–water partition coefficient (Wildman–Crippen LogP) is 2.05. The smallest absolute Gasteiger partial charge is 0.330 e. The van der Waals surface area contributed by atoms with Crippen molar-refractivity contribution in [2.45, 2.75) is 6.04 Å². The highest BCUT2D eigenvalue weighted by molar-refractivity contribution is 5.89. The van der Waals surface area contributed by atoms with Crippen molar-refractivity contribution in [1.82, 2.24) is 14.9 Å². The Labute approximate surface area is 188 Å². The molecule has 2 aromatic carbocycles. The molecule has 2 aromatic heterocycles. The van der Waals surface area contributed by atoms with Gasteiger partial charge in [0.2, 0.25) is 0 Å². The summed E-state index contributed by atoms with van der Waals surface area (Å²) in [4.78, 5) is 43.8. The van der Waals surface area contributed by atoms with E-state index in [9.17, 15) is 19.5 Å². The number of carbonyl (C=O) groups is 2. The molecule has 1 atom stereocenters. The van der Waals surface area contributed by atoms with Gasteiger partial charge in [-0.05, 0) is 41.8 Å². The van der Waals surface area contributed by atoms with Crippen LogP contribution in [-0.2, 0) is 14.3 Å². The summed E-state index contributed by atoms with van der Waals surface area (Å²) in [5, 5.41) is 11.1. The van der Waals surface area contributed by atoms with Gasteiger partial charge in [-0.2, -0.15) is 0 Å². The van der Waals surface area contributed by atoms with Gasteiger partial charge in [-0.15, -0.1) is 0 Å². The van der Waals surface area contributed by atoms with E-state index in [0.717, 1.165) is 26.7 Å². The highest BCUT2D eigenvalue weighted by Crippen LogP contribution is 2.27. The maximum absolute atomic E-state index is 12.6. The van der Waals surface area contributed by atoms with E-state index in [4.69, 9.17) is 4.74 Å². The molecule has 9 nitrogen and oxygen atoms in total. The van der Waals surface area contributed by atoms with Crippen molar-refractivity contribution >= 4 is 33.7 Å². The van der Waals surface area contributed by atoms with E-state index in [2.05, 4.69) is 14.7 Å². The second kappa shape index (κ2) is 9.17. The molecule has 0 aliphatic carbocycles. The number of aliphatic hydroxyl groups is 1. The molecular weight excluding hydrogens is 426 g/mol. The molecule has 2 heterocycles. The molecule has 9 heteroatoms. The van der Waals surface area contributed by atoms with E-state index in [1.54, 1.807) is 18.2 Å². The molecule has 4 aromatic rings. The number of esters is 1. The maximum Gasteiger partial charge on any atom is 0.330 e. The highest BCUT2D eigenvalue weighted by atomic mass is 16.5. The number of carbonyl (C=O) groups excluding carboxylic acids is 2. The fraction of sp³-hybridized carbons (Fsp3) is 0.208. The molecule has 0 aliphatic heterocycles. The number of benzene rings is 2. The van der Waals surface area contributed by atoms with Crippen LogP contribution >= 0.6 is 0 Å². The summed E-state index contributed by atoms with van der Waals surface area (Å²) < 4.78 is 10.2. The lowest BCUT2D eigenvalue weighted by Gasteiger charge is -2.24. The Hall–Kier alpha value is -4.11. The molecule has 0 saturated carbocycles. The summed E-state index contributed by atoms with van der Waals surface area (Å²) in [7, 11) is 2.58. The average Bonchev–Trinajstić information content (AvgIpc) is 3.25. The topological polar surface area (TPSA) is 125 Å². The van der Waals surface area contributed by atoms with Crippen molar-refractivity contribution in [3.63, 3.8) is 0 Å². The first-order valence-electron chi connectivity index (χ1n) is 10.2. The predicted molar refractivity (Wildman–Crippen MR) is 123 cm³/mol. The minimum absolute atomic E-state index is 0.200. The maximum atomic E-state index is 12.6. The highest BCUT2D eigenvalue weighted by Gasteiger charge is 2.27. The Morgan fingerprint density at radius 2 is 1.79 bits per heavy atom. The Morgan fingerprint density at radius 3 is 2.55 bits per heavy atom. The third-order valence-electron chi connectivity index (χ3n) is 5.51. The Morgan fingerprint density at radius 1 is 1.03 bits per heavy atom. The molecule has 0 bridgehead atoms. The monoisotopic (exact) mass is 449 g/mol. The van der Waals surface area contributed by atoms with Gasteiger partial charge in [-0.25, -0.2) is 4.79 Å². The zero-order chi connectivity index (χ0) is 23.5. The molecular formula is C24H23N3O6. The van der Waals surface area contributed by atoms with Gasteiger partial charge in [0.1, 0.15) is 5.75 Å². The number of likely N-dealkylation sites (N-methyl/N-ethyl adjacent to an activating group) is 1. The van der Waals surface area contributed by atoms with E-state index < -0.39 is 24.5 Å². The average molecular weight is 449 g/mol. The first-order chi connectivity index (χ1) is 15.9. The van der Waals surface area contributed by atoms with Crippen LogP contribution in [0.2, 0.25) is 0 Å². The summed E-state index contributed by atoms with van der Waals surface area (Å²) >= 11 is 0. The molecule has 33 heavy (non-hydrogen) atoms. The van der Waals surface area contributed by atoms with Gasteiger partial charge < -0.3 is 29.4 Å². The molecule has 0 spiro atoms. The number of rotatable bonds is 7. The van der Waals surface area contributed by atoms with Crippen molar-refractivity contribution in [2.24, 2.45) is 0 Å². The summed E-state index contributed by atoms with van der Waals surface area (Å²) in [5.41, 5.74) is 2.55. The summed E-state index contributed by atoms with van der Waals surface area (Å²) in [6.45, 7) is -0.877. The van der Waals surface area contributed by atoms with Crippen LogP contribution in [0.5, 0.6) is 5.75 Å². The van der Waals surface area contributed by atoms with Crippen molar-refractivity contribution < 1.29 is 24.2 Å². The molecule has 4 rings (SSSR count). The number of fused-ring (bicyclic) bond motifs is 2. The lowest BCUT2D eigenvalue weighted by atomic mass is 10.1. The lowest BCUT2D eigenvalue weighted by molar-refractivity contribution is -0.154. The van der Waals surface area contributed by atoms with Crippen molar-refractivity contribution in [2.75, 3.05) is 27.4 Å². The second-order valence-corrected chi connectivity index (χ2v) is 7.55. The number of nitrogens with one attached hydrogen (secondary N) is 2. The number of H-pyrrole nitrogens is 2. The molecule has 0 fully saturated rings. The Balaban J connectivity index is 1.53. The largest absolute Gasteiger partial charge is 0.484 e. The van der Waals surface area contributed by atoms with Gasteiger partial charge in [-0.3, -0.25) is 9.59 Å². The van der Waals surface area contributed by atoms with Gasteiger partial charge in [0.25, 0.3) is 11.5 Å². The zero-order valence-electron chi connectivity index (χ0n) is 18.1. The molecule has 3 N–H and O–H groups in total. The van der Waals surface area contributed by atoms with Crippen molar-refractivity contribution in [3.8, 4) is 17.0 Å². The number of aliphatic hydroxyl groups excluding tert-OH is 1. The van der Waals surface area contributed by atoms with E-state index in [1.807, 2.05) is 36.4 Å². The van der Waals surface area contributed by atoms with Gasteiger partial charge in [0, 0.05) is 23.5 Å². The number of aromatic amines is 2. The third kappa shape index (κ3) is 4.44. The van der Waals surface area contributed by atoms with Crippen molar-refractivity contribution in [1.29, 1.82) is 0 Å². The van der Waals surface area contributed by atoms with Gasteiger partial charge in [0.15, 0.2) is 12.6 Å². The number of hydrogen-bond donors (Lipinski definition) is 3. The molecule has 0 unspecified atom stereocenters. The van der Waals surface area contributed by atoms with Crippen LogP contribution in [0.3, 0.4) is 0 Å². The molecule has 1 amide bonds. The minimum atomic E-state index is -1.10. The second-order valence-electron chi connectivity index (χ2n) is 7.55. The van der Waals surface area contributed by atoms with Crippen molar-refractivity contribution in [3.05, 3.63) is 65.0 Å². The molecule has 0 radical (unpaired) electrons. The minimum Gasteiger partial charge on any atom is -0.484 e. The Bertz CT molecular complexity index is 1390. The number of para-hydroxylation sites is 1. The quantitative estimate of drug-likeness (QED) is 0.371. The fourth-order valence-electron chi connectivity index (χ4n) is 3.60. The summed E-state index contributed by atoms with van der Waals surface area (Å²) in [5.74, 6) is -0.754. The molecule has 170 valence electrons. The van der Waals surface area contributed by atoms with Gasteiger partial charge >= 0.3 is 5.97 Å². The van der Waals surface area contributed by atoms with Crippen LogP contribution in [0.1, 0.15) is 0 Å². The number of nitrogens with zero attached hydrogens (tertiary/aromatic N) is 1. The number of ether oxygens (including phenoxy) is 2. The summed E-state index contributed by atoms with van der Waals surface area (Å²) in [6.07, 6.45) is 0. The van der Waals surface area contributed by atoms with Crippen LogP contribution in [-0.4, -0.2) is 65.3 Å². The lowest BCUT2D eigenvalue weighted by Crippen LogP contribution is -2.47. The Kier molecular flexibility index (Phi) is 6.14. The van der Waals surface area contributed by atoms with Crippen LogP contribution < -0.4 is 10.3 Å². The van der Waals surface area contributed by atoms with E-state index >= 15 is 0 Å². The van der Waals surface area contributed by atoms with E-state index in [1.165, 1.54) is 14.2 Å². The number of pyridine rings is 1. The number of hydrogen-bond acceptors (Lipinski definition) is 6. The van der Waals surface area contributed by atoms with Crippen LogP contribution in [0.15, 0.2) is 59.4 Å². The van der Waals surface area contributed by atoms with Gasteiger partial charge in [0.05, 0.1) is 25.0 Å². The van der Waals surface area contributed by atoms with Gasteiger partial charge in [-0.1, -0.05) is 18.2 Å². The molecule has 0 aliphatic rings. The first kappa shape index (κ1) is 22.1. The number of methoxy groups -OCH3 is 1. The number of amides is 1. The SMILES string of the molecule is COC(=O)[C@@H](CO)N(C)C(=O)COc1ccc2[nH]c(-c3cc4ccccc4[nH]c3=O)cc2c1. The standard InChI is InChI=1S/C24H23N3O6/c1-27(21(12-28)24(31)32-2)22(29)13-33-16-7-8-19-15(9-16)11-20(25-19)17-10-14-5-3-4-6-18(14)26-23(17)30/h3-11,21,25,28H,12-13H2,1-2H3,(H,26,30)/t21-/m1/s1.